The number of rotatable bonds is 4. The number of nitrogens with zero attached hydrogens (tertiary/aromatic N) is 4. The Balaban J connectivity index is 2.49. The second-order valence-corrected chi connectivity index (χ2v) is 5.63. The molecule has 0 bridgehead atoms. The lowest BCUT2D eigenvalue weighted by molar-refractivity contribution is 0.206. The van der Waals surface area contributed by atoms with Gasteiger partial charge in [0.1, 0.15) is 11.3 Å². The molecule has 2 aromatic heterocycles. The molecule has 0 saturated carbocycles. The van der Waals surface area contributed by atoms with Gasteiger partial charge >= 0.3 is 0 Å². The Labute approximate surface area is 125 Å². The van der Waals surface area contributed by atoms with E-state index in [1.807, 2.05) is 6.92 Å². The van der Waals surface area contributed by atoms with Crippen LogP contribution in [0.1, 0.15) is 36.4 Å². The van der Waals surface area contributed by atoms with Crippen molar-refractivity contribution in [2.75, 3.05) is 0 Å². The minimum absolute atomic E-state index is 0.446. The van der Waals surface area contributed by atoms with E-state index in [-0.39, 0.29) is 0 Å². The zero-order valence-electron chi connectivity index (χ0n) is 11.1. The van der Waals surface area contributed by atoms with Crippen molar-refractivity contribution >= 4 is 27.5 Å². The van der Waals surface area contributed by atoms with E-state index in [1.165, 1.54) is 0 Å². The van der Waals surface area contributed by atoms with Crippen LogP contribution in [0, 0.1) is 6.92 Å². The van der Waals surface area contributed by atoms with Crippen molar-refractivity contribution in [1.82, 2.24) is 19.6 Å². The first-order valence-corrected chi connectivity index (χ1v) is 7.22. The number of aromatic nitrogens is 4. The van der Waals surface area contributed by atoms with Crippen molar-refractivity contribution in [3.63, 3.8) is 0 Å². The highest BCUT2D eigenvalue weighted by atomic mass is 79.9. The molecule has 0 spiro atoms. The van der Waals surface area contributed by atoms with Crippen molar-refractivity contribution in [3.8, 4) is 0 Å². The van der Waals surface area contributed by atoms with Crippen LogP contribution >= 0.6 is 27.5 Å². The molecule has 1 unspecified atom stereocenters. The maximum atomic E-state index is 10.6. The number of aryl methyl sites for hydroxylation is 3. The Morgan fingerprint density at radius 2 is 2.21 bits per heavy atom. The normalized spacial score (nSPS) is 12.9. The highest BCUT2D eigenvalue weighted by Crippen LogP contribution is 2.34. The van der Waals surface area contributed by atoms with Gasteiger partial charge in [0.25, 0.3) is 0 Å². The molecule has 1 atom stereocenters. The van der Waals surface area contributed by atoms with Crippen LogP contribution in [0.5, 0.6) is 0 Å². The molecule has 2 heterocycles. The summed E-state index contributed by atoms with van der Waals surface area (Å²) in [5.41, 5.74) is 2.05. The number of aliphatic hydroxyl groups is 1. The van der Waals surface area contributed by atoms with Crippen LogP contribution in [0.3, 0.4) is 0 Å². The summed E-state index contributed by atoms with van der Waals surface area (Å²) in [6.07, 6.45) is 1.78. The molecular formula is C12H16BrClN4O. The molecule has 0 aliphatic carbocycles. The van der Waals surface area contributed by atoms with Gasteiger partial charge in [-0.1, -0.05) is 18.5 Å². The van der Waals surface area contributed by atoms with Gasteiger partial charge in [-0.15, -0.1) is 0 Å². The summed E-state index contributed by atoms with van der Waals surface area (Å²) in [4.78, 5) is 0. The summed E-state index contributed by atoms with van der Waals surface area (Å²) in [5.74, 6) is 0. The van der Waals surface area contributed by atoms with Gasteiger partial charge in [0.2, 0.25) is 0 Å². The number of hydrogen-bond acceptors (Lipinski definition) is 3. The summed E-state index contributed by atoms with van der Waals surface area (Å²) in [7, 11) is 1.75. The monoisotopic (exact) mass is 346 g/mol. The van der Waals surface area contributed by atoms with Crippen LogP contribution in [0.25, 0.3) is 0 Å². The third-order valence-electron chi connectivity index (χ3n) is 3.00. The summed E-state index contributed by atoms with van der Waals surface area (Å²) in [6, 6.07) is 0. The van der Waals surface area contributed by atoms with Gasteiger partial charge in [0, 0.05) is 19.2 Å². The fourth-order valence-corrected chi connectivity index (χ4v) is 2.92. The molecular weight excluding hydrogens is 332 g/mol. The van der Waals surface area contributed by atoms with Gasteiger partial charge in [-0.2, -0.15) is 10.2 Å². The minimum Gasteiger partial charge on any atom is -0.382 e. The maximum Gasteiger partial charge on any atom is 0.133 e. The fraction of sp³-hybridized carbons (Fsp3) is 0.500. The summed E-state index contributed by atoms with van der Waals surface area (Å²) >= 11 is 9.63. The largest absolute Gasteiger partial charge is 0.382 e. The van der Waals surface area contributed by atoms with E-state index in [0.29, 0.717) is 16.4 Å². The zero-order valence-corrected chi connectivity index (χ0v) is 13.4. The van der Waals surface area contributed by atoms with Crippen molar-refractivity contribution < 1.29 is 5.11 Å². The third-order valence-corrected chi connectivity index (χ3v) is 4.06. The molecule has 0 aromatic carbocycles. The molecule has 0 saturated heterocycles. The first-order valence-electron chi connectivity index (χ1n) is 6.05. The minimum atomic E-state index is -0.843. The van der Waals surface area contributed by atoms with E-state index in [2.05, 4.69) is 33.1 Å². The summed E-state index contributed by atoms with van der Waals surface area (Å²) < 4.78 is 4.12. The Hall–Kier alpha value is -0.850. The Bertz CT molecular complexity index is 593. The van der Waals surface area contributed by atoms with Gasteiger partial charge < -0.3 is 5.11 Å². The molecule has 0 fully saturated rings. The third kappa shape index (κ3) is 2.57. The van der Waals surface area contributed by atoms with E-state index in [9.17, 15) is 5.11 Å². The van der Waals surface area contributed by atoms with Crippen LogP contribution < -0.4 is 0 Å². The molecule has 5 nitrogen and oxygen atoms in total. The second kappa shape index (κ2) is 5.64. The lowest BCUT2D eigenvalue weighted by Gasteiger charge is -2.14. The first-order chi connectivity index (χ1) is 8.97. The van der Waals surface area contributed by atoms with Gasteiger partial charge in [-0.05, 0) is 29.3 Å². The molecule has 104 valence electrons. The van der Waals surface area contributed by atoms with E-state index in [4.69, 9.17) is 11.6 Å². The van der Waals surface area contributed by atoms with E-state index in [0.717, 1.165) is 23.1 Å². The van der Waals surface area contributed by atoms with E-state index in [1.54, 1.807) is 22.6 Å². The van der Waals surface area contributed by atoms with Crippen molar-refractivity contribution in [1.29, 1.82) is 0 Å². The smallest absolute Gasteiger partial charge is 0.133 e. The molecule has 19 heavy (non-hydrogen) atoms. The van der Waals surface area contributed by atoms with Gasteiger partial charge in [-0.25, -0.2) is 0 Å². The predicted molar refractivity (Wildman–Crippen MR) is 77.2 cm³/mol. The molecule has 0 amide bonds. The maximum absolute atomic E-state index is 10.6. The second-order valence-electron chi connectivity index (χ2n) is 4.42. The molecule has 0 aliphatic rings. The number of aliphatic hydroxyl groups excluding tert-OH is 1. The van der Waals surface area contributed by atoms with Crippen LogP contribution in [-0.4, -0.2) is 24.7 Å². The number of hydrogen-bond donors (Lipinski definition) is 1. The average molecular weight is 348 g/mol. The molecule has 1 N–H and O–H groups in total. The summed E-state index contributed by atoms with van der Waals surface area (Å²) in [5, 5.41) is 19.5. The Morgan fingerprint density at radius 3 is 2.74 bits per heavy atom. The predicted octanol–water partition coefficient (Wildman–Crippen LogP) is 2.83. The molecule has 7 heteroatoms. The van der Waals surface area contributed by atoms with Crippen molar-refractivity contribution in [2.24, 2.45) is 7.05 Å². The van der Waals surface area contributed by atoms with Crippen molar-refractivity contribution in [2.45, 2.75) is 32.9 Å². The Kier molecular flexibility index (Phi) is 4.32. The number of halogens is 2. The summed E-state index contributed by atoms with van der Waals surface area (Å²) in [6.45, 7) is 4.64. The van der Waals surface area contributed by atoms with Crippen molar-refractivity contribution in [3.05, 3.63) is 32.8 Å². The van der Waals surface area contributed by atoms with Crippen LogP contribution in [0.15, 0.2) is 10.7 Å². The van der Waals surface area contributed by atoms with E-state index < -0.39 is 6.10 Å². The SMILES string of the molecule is CCCn1ncc(Br)c1C(O)c1c(C)nn(C)c1Cl. The molecule has 2 rings (SSSR count). The lowest BCUT2D eigenvalue weighted by Crippen LogP contribution is -2.11. The van der Waals surface area contributed by atoms with E-state index >= 15 is 0 Å². The molecule has 0 aliphatic heterocycles. The Morgan fingerprint density at radius 1 is 1.53 bits per heavy atom. The van der Waals surface area contributed by atoms with Crippen LogP contribution in [-0.2, 0) is 13.6 Å². The molecule has 2 aromatic rings. The lowest BCUT2D eigenvalue weighted by atomic mass is 10.1. The van der Waals surface area contributed by atoms with Crippen LogP contribution in [0.4, 0.5) is 0 Å². The van der Waals surface area contributed by atoms with Gasteiger partial charge in [-0.3, -0.25) is 9.36 Å². The highest BCUT2D eigenvalue weighted by molar-refractivity contribution is 9.10. The van der Waals surface area contributed by atoms with Gasteiger partial charge in [0.15, 0.2) is 0 Å². The standard InChI is InChI=1S/C12H16BrClN4O/c1-4-5-18-10(8(13)6-15-18)11(19)9-7(2)16-17(3)12(9)14/h6,11,19H,4-5H2,1-3H3. The molecule has 0 radical (unpaired) electrons. The fourth-order valence-electron chi connectivity index (χ4n) is 2.13. The highest BCUT2D eigenvalue weighted by Gasteiger charge is 2.26. The zero-order chi connectivity index (χ0) is 14.2. The quantitative estimate of drug-likeness (QED) is 0.925. The average Bonchev–Trinajstić information content (AvgIpc) is 2.81. The first kappa shape index (κ1) is 14.6. The van der Waals surface area contributed by atoms with Crippen LogP contribution in [0.2, 0.25) is 5.15 Å². The topological polar surface area (TPSA) is 55.9 Å². The van der Waals surface area contributed by atoms with Gasteiger partial charge in [0.05, 0.1) is 22.1 Å².